The number of aromatic nitrogens is 2. The molecule has 0 saturated carbocycles. The summed E-state index contributed by atoms with van der Waals surface area (Å²) in [5.74, 6) is 1.31. The molecule has 2 aromatic heterocycles. The molecule has 2 aromatic rings. The van der Waals surface area contributed by atoms with Crippen LogP contribution >= 0.6 is 11.3 Å². The van der Waals surface area contributed by atoms with Crippen molar-refractivity contribution in [3.05, 3.63) is 16.8 Å². The van der Waals surface area contributed by atoms with Gasteiger partial charge in [-0.2, -0.15) is 0 Å². The third kappa shape index (κ3) is 2.21. The summed E-state index contributed by atoms with van der Waals surface area (Å²) in [4.78, 5) is 11.5. The lowest BCUT2D eigenvalue weighted by Gasteiger charge is -2.32. The smallest absolute Gasteiger partial charge is 0.163 e. The lowest BCUT2D eigenvalue weighted by molar-refractivity contribution is -0.0757. The Balaban J connectivity index is 2.09. The van der Waals surface area contributed by atoms with Crippen molar-refractivity contribution in [1.82, 2.24) is 9.97 Å². The van der Waals surface area contributed by atoms with Gasteiger partial charge in [0.2, 0.25) is 0 Å². The van der Waals surface area contributed by atoms with Crippen LogP contribution in [0.1, 0.15) is 43.8 Å². The first-order chi connectivity index (χ1) is 9.12. The molecular weight excluding hydrogens is 258 g/mol. The maximum atomic E-state index is 6.09. The molecule has 0 aromatic carbocycles. The fraction of sp³-hybridized carbons (Fsp3) is 0.571. The average Bonchev–Trinajstić information content (AvgIpc) is 2.83. The van der Waals surface area contributed by atoms with E-state index in [1.54, 1.807) is 11.3 Å². The van der Waals surface area contributed by atoms with Crippen LogP contribution in [-0.4, -0.2) is 16.6 Å². The van der Waals surface area contributed by atoms with Crippen molar-refractivity contribution in [1.29, 1.82) is 0 Å². The Hall–Kier alpha value is -1.20. The molecule has 3 rings (SSSR count). The van der Waals surface area contributed by atoms with E-state index in [0.717, 1.165) is 48.3 Å². The standard InChI is InChI=1S/C14H19N3OS/c1-3-9-8-10-11(15)16-13(17-12(10)19-9)14(2)6-4-5-7-18-14/h8H,3-7H2,1-2H3,(H2,15,16,17). The summed E-state index contributed by atoms with van der Waals surface area (Å²) in [6, 6.07) is 2.10. The molecule has 19 heavy (non-hydrogen) atoms. The number of rotatable bonds is 2. The highest BCUT2D eigenvalue weighted by Gasteiger charge is 2.33. The minimum Gasteiger partial charge on any atom is -0.383 e. The van der Waals surface area contributed by atoms with Gasteiger partial charge in [-0.15, -0.1) is 11.3 Å². The Labute approximate surface area is 117 Å². The Morgan fingerprint density at radius 2 is 2.26 bits per heavy atom. The molecule has 3 heterocycles. The average molecular weight is 277 g/mol. The zero-order valence-corrected chi connectivity index (χ0v) is 12.2. The molecule has 1 aliphatic heterocycles. The zero-order chi connectivity index (χ0) is 13.5. The molecule has 1 aliphatic rings. The van der Waals surface area contributed by atoms with Gasteiger partial charge < -0.3 is 10.5 Å². The van der Waals surface area contributed by atoms with Gasteiger partial charge in [-0.3, -0.25) is 0 Å². The van der Waals surface area contributed by atoms with Gasteiger partial charge in [-0.1, -0.05) is 6.92 Å². The number of thiophene rings is 1. The Morgan fingerprint density at radius 1 is 1.42 bits per heavy atom. The first-order valence-electron chi connectivity index (χ1n) is 6.83. The highest BCUT2D eigenvalue weighted by atomic mass is 32.1. The molecule has 1 atom stereocenters. The zero-order valence-electron chi connectivity index (χ0n) is 11.4. The summed E-state index contributed by atoms with van der Waals surface area (Å²) in [6.45, 7) is 4.99. The summed E-state index contributed by atoms with van der Waals surface area (Å²) in [7, 11) is 0. The van der Waals surface area contributed by atoms with Crippen molar-refractivity contribution in [3.8, 4) is 0 Å². The van der Waals surface area contributed by atoms with Crippen LogP contribution in [0.4, 0.5) is 5.82 Å². The van der Waals surface area contributed by atoms with Crippen molar-refractivity contribution in [2.45, 2.75) is 45.1 Å². The van der Waals surface area contributed by atoms with Gasteiger partial charge >= 0.3 is 0 Å². The molecule has 0 aliphatic carbocycles. The summed E-state index contributed by atoms with van der Waals surface area (Å²) < 4.78 is 5.91. The molecular formula is C14H19N3OS. The molecule has 1 saturated heterocycles. The molecule has 0 spiro atoms. The molecule has 0 radical (unpaired) electrons. The summed E-state index contributed by atoms with van der Waals surface area (Å²) in [5.41, 5.74) is 5.71. The van der Waals surface area contributed by atoms with Crippen LogP contribution in [0, 0.1) is 0 Å². The molecule has 2 N–H and O–H groups in total. The van der Waals surface area contributed by atoms with Crippen LogP contribution < -0.4 is 5.73 Å². The third-order valence-electron chi connectivity index (χ3n) is 3.76. The van der Waals surface area contributed by atoms with Gasteiger partial charge in [0.05, 0.1) is 5.39 Å². The Bertz CT molecular complexity index is 602. The molecule has 102 valence electrons. The molecule has 5 heteroatoms. The fourth-order valence-electron chi connectivity index (χ4n) is 2.51. The lowest BCUT2D eigenvalue weighted by Crippen LogP contribution is -2.32. The first kappa shape index (κ1) is 12.8. The summed E-state index contributed by atoms with van der Waals surface area (Å²) in [6.07, 6.45) is 4.24. The van der Waals surface area contributed by atoms with Gasteiger partial charge in [0.15, 0.2) is 5.82 Å². The maximum Gasteiger partial charge on any atom is 0.163 e. The Morgan fingerprint density at radius 3 is 2.95 bits per heavy atom. The second kappa shape index (κ2) is 4.72. The highest BCUT2D eigenvalue weighted by Crippen LogP contribution is 2.36. The van der Waals surface area contributed by atoms with Gasteiger partial charge in [-0.25, -0.2) is 9.97 Å². The van der Waals surface area contributed by atoms with E-state index in [2.05, 4.69) is 24.9 Å². The summed E-state index contributed by atoms with van der Waals surface area (Å²) in [5, 5.41) is 0.977. The van der Waals surface area contributed by atoms with Crippen LogP contribution in [0.3, 0.4) is 0 Å². The maximum absolute atomic E-state index is 6.09. The number of aryl methyl sites for hydroxylation is 1. The molecule has 1 unspecified atom stereocenters. The van der Waals surface area contributed by atoms with Crippen molar-refractivity contribution < 1.29 is 4.74 Å². The topological polar surface area (TPSA) is 61.0 Å². The quantitative estimate of drug-likeness (QED) is 0.915. The van der Waals surface area contributed by atoms with Gasteiger partial charge in [-0.05, 0) is 38.7 Å². The van der Waals surface area contributed by atoms with Crippen molar-refractivity contribution >= 4 is 27.4 Å². The number of hydrogen-bond acceptors (Lipinski definition) is 5. The monoisotopic (exact) mass is 277 g/mol. The van der Waals surface area contributed by atoms with Crippen LogP contribution in [0.2, 0.25) is 0 Å². The van der Waals surface area contributed by atoms with Crippen LogP contribution in [0.25, 0.3) is 10.2 Å². The van der Waals surface area contributed by atoms with E-state index >= 15 is 0 Å². The van der Waals surface area contributed by atoms with Crippen molar-refractivity contribution in [3.63, 3.8) is 0 Å². The molecule has 4 nitrogen and oxygen atoms in total. The number of anilines is 1. The number of fused-ring (bicyclic) bond motifs is 1. The predicted octanol–water partition coefficient (Wildman–Crippen LogP) is 3.25. The first-order valence-corrected chi connectivity index (χ1v) is 7.64. The number of hydrogen-bond donors (Lipinski definition) is 1. The van der Waals surface area contributed by atoms with E-state index in [9.17, 15) is 0 Å². The Kier molecular flexibility index (Phi) is 3.19. The second-order valence-electron chi connectivity index (χ2n) is 5.25. The van der Waals surface area contributed by atoms with E-state index in [-0.39, 0.29) is 5.60 Å². The minimum atomic E-state index is -0.378. The van der Waals surface area contributed by atoms with Crippen molar-refractivity contribution in [2.75, 3.05) is 12.3 Å². The lowest BCUT2D eigenvalue weighted by atomic mass is 9.95. The van der Waals surface area contributed by atoms with E-state index < -0.39 is 0 Å². The third-order valence-corrected chi connectivity index (χ3v) is 4.94. The van der Waals surface area contributed by atoms with E-state index in [4.69, 9.17) is 15.5 Å². The predicted molar refractivity (Wildman–Crippen MR) is 78.4 cm³/mol. The fourth-order valence-corrected chi connectivity index (χ4v) is 3.49. The molecule has 1 fully saturated rings. The SMILES string of the molecule is CCc1cc2c(N)nc(C3(C)CCCCO3)nc2s1. The molecule has 0 amide bonds. The number of nitrogen functional groups attached to an aromatic ring is 1. The normalized spacial score (nSPS) is 23.9. The van der Waals surface area contributed by atoms with E-state index in [0.29, 0.717) is 5.82 Å². The number of ether oxygens (including phenoxy) is 1. The number of nitrogens with two attached hydrogens (primary N) is 1. The van der Waals surface area contributed by atoms with E-state index in [1.807, 2.05) is 0 Å². The molecule has 0 bridgehead atoms. The van der Waals surface area contributed by atoms with Crippen molar-refractivity contribution in [2.24, 2.45) is 0 Å². The largest absolute Gasteiger partial charge is 0.383 e. The van der Waals surface area contributed by atoms with Crippen LogP contribution in [0.15, 0.2) is 6.07 Å². The summed E-state index contributed by atoms with van der Waals surface area (Å²) >= 11 is 1.70. The van der Waals surface area contributed by atoms with Gasteiger partial charge in [0.1, 0.15) is 16.2 Å². The van der Waals surface area contributed by atoms with Gasteiger partial charge in [0, 0.05) is 11.5 Å². The van der Waals surface area contributed by atoms with Gasteiger partial charge in [0.25, 0.3) is 0 Å². The minimum absolute atomic E-state index is 0.378. The van der Waals surface area contributed by atoms with Crippen LogP contribution in [0.5, 0.6) is 0 Å². The van der Waals surface area contributed by atoms with E-state index in [1.165, 1.54) is 4.88 Å². The second-order valence-corrected chi connectivity index (χ2v) is 6.37. The highest BCUT2D eigenvalue weighted by molar-refractivity contribution is 7.18. The number of nitrogens with zero attached hydrogens (tertiary/aromatic N) is 2. The van der Waals surface area contributed by atoms with Crippen LogP contribution in [-0.2, 0) is 16.8 Å².